The summed E-state index contributed by atoms with van der Waals surface area (Å²) in [5.74, 6) is -0.455. The molecule has 0 radical (unpaired) electrons. The lowest BCUT2D eigenvalue weighted by atomic mass is 9.76. The van der Waals surface area contributed by atoms with Gasteiger partial charge in [-0.1, -0.05) is 0 Å². The fourth-order valence-electron chi connectivity index (χ4n) is 3.82. The van der Waals surface area contributed by atoms with Gasteiger partial charge in [0.25, 0.3) is 0 Å². The Balaban J connectivity index is 1.59. The minimum atomic E-state index is -0.455. The van der Waals surface area contributed by atoms with E-state index in [1.165, 1.54) is 0 Å². The van der Waals surface area contributed by atoms with E-state index in [0.717, 1.165) is 19.4 Å². The summed E-state index contributed by atoms with van der Waals surface area (Å²) < 4.78 is 23.2. The summed E-state index contributed by atoms with van der Waals surface area (Å²) in [7, 11) is 2.19. The van der Waals surface area contributed by atoms with Gasteiger partial charge in [-0.2, -0.15) is 0 Å². The van der Waals surface area contributed by atoms with E-state index in [2.05, 4.69) is 39.6 Å². The van der Waals surface area contributed by atoms with Crippen molar-refractivity contribution < 1.29 is 18.9 Å². The Hall–Kier alpha value is -0.200. The molecular formula is C16H29NO4. The maximum Gasteiger partial charge on any atom is 0.172 e. The van der Waals surface area contributed by atoms with Crippen LogP contribution in [0.25, 0.3) is 0 Å². The first-order valence-corrected chi connectivity index (χ1v) is 7.98. The maximum atomic E-state index is 6.30. The van der Waals surface area contributed by atoms with Gasteiger partial charge in [0, 0.05) is 23.9 Å². The lowest BCUT2D eigenvalue weighted by molar-refractivity contribution is -0.244. The third-order valence-corrected chi connectivity index (χ3v) is 5.14. The molecule has 0 bridgehead atoms. The largest absolute Gasteiger partial charge is 0.376 e. The molecule has 21 heavy (non-hydrogen) atoms. The van der Waals surface area contributed by atoms with Crippen LogP contribution in [0.15, 0.2) is 0 Å². The number of hydrogen-bond acceptors (Lipinski definition) is 5. The Kier molecular flexibility index (Phi) is 3.86. The fourth-order valence-corrected chi connectivity index (χ4v) is 3.82. The zero-order valence-corrected chi connectivity index (χ0v) is 14.0. The van der Waals surface area contributed by atoms with Crippen LogP contribution in [0.3, 0.4) is 0 Å². The average Bonchev–Trinajstić information content (AvgIpc) is 3.10. The molecule has 0 aromatic carbocycles. The Bertz CT molecular complexity index is 374. The number of nitrogens with zero attached hydrogens (tertiary/aromatic N) is 1. The number of epoxide rings is 1. The topological polar surface area (TPSA) is 43.5 Å². The van der Waals surface area contributed by atoms with Crippen LogP contribution in [0.2, 0.25) is 0 Å². The number of rotatable bonds is 4. The molecule has 2 atom stereocenters. The first-order valence-electron chi connectivity index (χ1n) is 7.98. The zero-order chi connectivity index (χ0) is 15.3. The summed E-state index contributed by atoms with van der Waals surface area (Å²) in [5.41, 5.74) is 0.110. The Morgan fingerprint density at radius 1 is 1.00 bits per heavy atom. The number of piperidine rings is 1. The zero-order valence-electron chi connectivity index (χ0n) is 14.0. The summed E-state index contributed by atoms with van der Waals surface area (Å²) in [4.78, 5) is 2.44. The van der Waals surface area contributed by atoms with Gasteiger partial charge >= 0.3 is 0 Å². The van der Waals surface area contributed by atoms with E-state index in [0.29, 0.717) is 25.9 Å². The normalized spacial score (nSPS) is 37.0. The maximum absolute atomic E-state index is 6.30. The SMILES string of the molecule is CN1C(C)(C)CC2(CC1(C)C)OCC(COCC1CO1)O2. The van der Waals surface area contributed by atoms with Crippen molar-refractivity contribution >= 4 is 0 Å². The fraction of sp³-hybridized carbons (Fsp3) is 1.00. The van der Waals surface area contributed by atoms with Crippen LogP contribution in [-0.4, -0.2) is 67.4 Å². The number of hydrogen-bond donors (Lipinski definition) is 0. The van der Waals surface area contributed by atoms with Crippen LogP contribution in [0.5, 0.6) is 0 Å². The summed E-state index contributed by atoms with van der Waals surface area (Å²) >= 11 is 0. The Morgan fingerprint density at radius 3 is 2.14 bits per heavy atom. The molecular weight excluding hydrogens is 270 g/mol. The molecule has 5 heteroatoms. The number of likely N-dealkylation sites (tertiary alicyclic amines) is 1. The monoisotopic (exact) mass is 299 g/mol. The van der Waals surface area contributed by atoms with Crippen molar-refractivity contribution in [1.29, 1.82) is 0 Å². The highest BCUT2D eigenvalue weighted by Crippen LogP contribution is 2.47. The molecule has 2 unspecified atom stereocenters. The first-order chi connectivity index (χ1) is 9.73. The van der Waals surface area contributed by atoms with Crippen molar-refractivity contribution in [2.24, 2.45) is 0 Å². The molecule has 0 N–H and O–H groups in total. The molecule has 3 aliphatic rings. The highest BCUT2D eigenvalue weighted by atomic mass is 16.8. The van der Waals surface area contributed by atoms with E-state index in [1.54, 1.807) is 0 Å². The van der Waals surface area contributed by atoms with Crippen molar-refractivity contribution in [2.75, 3.05) is 33.5 Å². The van der Waals surface area contributed by atoms with E-state index in [-0.39, 0.29) is 17.2 Å². The van der Waals surface area contributed by atoms with E-state index < -0.39 is 5.79 Å². The summed E-state index contributed by atoms with van der Waals surface area (Å²) in [6.45, 7) is 11.8. The molecule has 0 saturated carbocycles. The second kappa shape index (κ2) is 5.17. The van der Waals surface area contributed by atoms with Crippen LogP contribution in [-0.2, 0) is 18.9 Å². The Morgan fingerprint density at radius 2 is 1.57 bits per heavy atom. The van der Waals surface area contributed by atoms with Gasteiger partial charge in [0.2, 0.25) is 0 Å². The van der Waals surface area contributed by atoms with Gasteiger partial charge in [-0.3, -0.25) is 4.90 Å². The van der Waals surface area contributed by atoms with Crippen LogP contribution in [0.4, 0.5) is 0 Å². The first kappa shape index (κ1) is 15.7. The summed E-state index contributed by atoms with van der Waals surface area (Å²) in [5, 5.41) is 0. The molecule has 0 aliphatic carbocycles. The molecule has 1 spiro atoms. The van der Waals surface area contributed by atoms with Gasteiger partial charge in [-0.05, 0) is 34.7 Å². The molecule has 3 rings (SSSR count). The second-order valence-corrected chi connectivity index (χ2v) is 7.99. The van der Waals surface area contributed by atoms with Crippen LogP contribution in [0, 0.1) is 0 Å². The lowest BCUT2D eigenvalue weighted by Crippen LogP contribution is -2.64. The molecule has 0 aromatic rings. The van der Waals surface area contributed by atoms with E-state index in [4.69, 9.17) is 18.9 Å². The van der Waals surface area contributed by atoms with Crippen molar-refractivity contribution in [3.05, 3.63) is 0 Å². The average molecular weight is 299 g/mol. The Labute approximate surface area is 127 Å². The summed E-state index contributed by atoms with van der Waals surface area (Å²) in [6, 6.07) is 0. The highest BCUT2D eigenvalue weighted by molar-refractivity contribution is 5.04. The molecule has 3 aliphatic heterocycles. The molecule has 5 nitrogen and oxygen atoms in total. The molecule has 3 fully saturated rings. The van der Waals surface area contributed by atoms with E-state index in [1.807, 2.05) is 0 Å². The molecule has 3 heterocycles. The quantitative estimate of drug-likeness (QED) is 0.741. The minimum absolute atomic E-state index is 0.0405. The van der Waals surface area contributed by atoms with Gasteiger partial charge in [0.1, 0.15) is 12.2 Å². The van der Waals surface area contributed by atoms with E-state index in [9.17, 15) is 0 Å². The molecule has 122 valence electrons. The molecule has 3 saturated heterocycles. The van der Waals surface area contributed by atoms with Gasteiger partial charge in [0.05, 0.1) is 26.4 Å². The standard InChI is InChI=1S/C16H29NO4/c1-14(2)10-16(11-15(3,4)17(14)5)20-9-13(21-16)7-18-6-12-8-19-12/h12-13H,6-11H2,1-5H3. The second-order valence-electron chi connectivity index (χ2n) is 7.99. The molecule has 0 amide bonds. The van der Waals surface area contributed by atoms with Crippen molar-refractivity contribution in [1.82, 2.24) is 4.90 Å². The minimum Gasteiger partial charge on any atom is -0.376 e. The third-order valence-electron chi connectivity index (χ3n) is 5.14. The van der Waals surface area contributed by atoms with Crippen molar-refractivity contribution in [3.8, 4) is 0 Å². The third kappa shape index (κ3) is 3.27. The van der Waals surface area contributed by atoms with Gasteiger partial charge in [0.15, 0.2) is 5.79 Å². The van der Waals surface area contributed by atoms with Gasteiger partial charge in [-0.25, -0.2) is 0 Å². The smallest absolute Gasteiger partial charge is 0.172 e. The highest BCUT2D eigenvalue weighted by Gasteiger charge is 2.55. The van der Waals surface area contributed by atoms with Gasteiger partial charge < -0.3 is 18.9 Å². The van der Waals surface area contributed by atoms with Crippen LogP contribution < -0.4 is 0 Å². The summed E-state index contributed by atoms with van der Waals surface area (Å²) in [6.07, 6.45) is 2.13. The predicted molar refractivity (Wildman–Crippen MR) is 79.3 cm³/mol. The van der Waals surface area contributed by atoms with Crippen molar-refractivity contribution in [2.45, 2.75) is 69.6 Å². The van der Waals surface area contributed by atoms with Crippen molar-refractivity contribution in [3.63, 3.8) is 0 Å². The van der Waals surface area contributed by atoms with Crippen LogP contribution >= 0.6 is 0 Å². The van der Waals surface area contributed by atoms with E-state index >= 15 is 0 Å². The molecule has 0 aromatic heterocycles. The van der Waals surface area contributed by atoms with Crippen LogP contribution in [0.1, 0.15) is 40.5 Å². The lowest BCUT2D eigenvalue weighted by Gasteiger charge is -2.56. The van der Waals surface area contributed by atoms with Gasteiger partial charge in [-0.15, -0.1) is 0 Å². The number of ether oxygens (including phenoxy) is 4. The predicted octanol–water partition coefficient (Wildman–Crippen LogP) is 1.80.